The molecule has 0 rings (SSSR count). The van der Waals surface area contributed by atoms with E-state index in [9.17, 15) is 13.6 Å². The second-order valence-corrected chi connectivity index (χ2v) is 3.93. The summed E-state index contributed by atoms with van der Waals surface area (Å²) < 4.78 is 29.7. The van der Waals surface area contributed by atoms with Crippen molar-refractivity contribution in [2.24, 2.45) is 5.41 Å². The van der Waals surface area contributed by atoms with Gasteiger partial charge < -0.3 is 4.74 Å². The second-order valence-electron chi connectivity index (χ2n) is 3.93. The third kappa shape index (κ3) is 3.64. The topological polar surface area (TPSA) is 26.3 Å². The molecule has 0 saturated heterocycles. The van der Waals surface area contributed by atoms with Gasteiger partial charge in [0.25, 0.3) is 0 Å². The van der Waals surface area contributed by atoms with Gasteiger partial charge >= 0.3 is 11.9 Å². The summed E-state index contributed by atoms with van der Waals surface area (Å²) in [7, 11) is 0.957. The summed E-state index contributed by atoms with van der Waals surface area (Å²) in [6.45, 7) is 4.93. The van der Waals surface area contributed by atoms with Crippen LogP contribution < -0.4 is 0 Å². The van der Waals surface area contributed by atoms with Gasteiger partial charge in [0.05, 0.1) is 7.11 Å². The fraction of sp³-hybridized carbons (Fsp3) is 0.875. The molecule has 72 valence electrons. The van der Waals surface area contributed by atoms with Gasteiger partial charge in [-0.3, -0.25) is 0 Å². The lowest BCUT2D eigenvalue weighted by atomic mass is 9.89. The van der Waals surface area contributed by atoms with Gasteiger partial charge in [-0.05, 0) is 5.41 Å². The molecule has 0 amide bonds. The van der Waals surface area contributed by atoms with E-state index in [1.54, 1.807) is 20.8 Å². The monoisotopic (exact) mass is 180 g/mol. The summed E-state index contributed by atoms with van der Waals surface area (Å²) in [6, 6.07) is 0. The average Bonchev–Trinajstić information content (AvgIpc) is 1.80. The zero-order valence-corrected chi connectivity index (χ0v) is 7.78. The van der Waals surface area contributed by atoms with Gasteiger partial charge in [-0.15, -0.1) is 0 Å². The van der Waals surface area contributed by atoms with Crippen LogP contribution in [0.1, 0.15) is 27.2 Å². The lowest BCUT2D eigenvalue weighted by Gasteiger charge is -2.23. The molecule has 12 heavy (non-hydrogen) atoms. The standard InChI is InChI=1S/C8H14F2O2/c1-7(2,3)5-8(9,10)6(11)12-4/h5H2,1-4H3. The molecule has 0 aromatic rings. The highest BCUT2D eigenvalue weighted by atomic mass is 19.3. The molecule has 4 heteroatoms. The van der Waals surface area contributed by atoms with Crippen molar-refractivity contribution in [2.75, 3.05) is 7.11 Å². The molecule has 0 aliphatic carbocycles. The Morgan fingerprint density at radius 2 is 1.75 bits per heavy atom. The summed E-state index contributed by atoms with van der Waals surface area (Å²) in [6.07, 6.45) is -0.493. The Morgan fingerprint density at radius 3 is 2.00 bits per heavy atom. The Morgan fingerprint density at radius 1 is 1.33 bits per heavy atom. The number of carbonyl (C=O) groups is 1. The summed E-state index contributed by atoms with van der Waals surface area (Å²) in [5.74, 6) is -4.83. The molecule has 0 aromatic carbocycles. The number of carbonyl (C=O) groups excluding carboxylic acids is 1. The second kappa shape index (κ2) is 3.37. The smallest absolute Gasteiger partial charge is 0.376 e. The molecule has 0 atom stereocenters. The fourth-order valence-electron chi connectivity index (χ4n) is 0.888. The van der Waals surface area contributed by atoms with E-state index in [0.29, 0.717) is 0 Å². The average molecular weight is 180 g/mol. The quantitative estimate of drug-likeness (QED) is 0.609. The number of alkyl halides is 2. The number of rotatable bonds is 2. The Labute approximate surface area is 70.9 Å². The third-order valence-electron chi connectivity index (χ3n) is 1.24. The van der Waals surface area contributed by atoms with E-state index in [0.717, 1.165) is 7.11 Å². The molecular formula is C8H14F2O2. The summed E-state index contributed by atoms with van der Waals surface area (Å²) in [5, 5.41) is 0. The maximum Gasteiger partial charge on any atom is 0.376 e. The van der Waals surface area contributed by atoms with Gasteiger partial charge in [0.2, 0.25) is 0 Å². The molecule has 0 aromatic heterocycles. The van der Waals surface area contributed by atoms with Crippen LogP contribution in [0.3, 0.4) is 0 Å². The Kier molecular flexibility index (Phi) is 3.18. The van der Waals surface area contributed by atoms with Crippen LogP contribution in [-0.4, -0.2) is 19.0 Å². The van der Waals surface area contributed by atoms with E-state index >= 15 is 0 Å². The number of hydrogen-bond donors (Lipinski definition) is 0. The van der Waals surface area contributed by atoms with Crippen LogP contribution in [-0.2, 0) is 9.53 Å². The molecule has 0 aliphatic rings. The van der Waals surface area contributed by atoms with E-state index in [2.05, 4.69) is 4.74 Å². The van der Waals surface area contributed by atoms with Crippen LogP contribution in [0.15, 0.2) is 0 Å². The minimum absolute atomic E-state index is 0.493. The SMILES string of the molecule is COC(=O)C(F)(F)CC(C)(C)C. The lowest BCUT2D eigenvalue weighted by Crippen LogP contribution is -2.34. The molecule has 0 unspecified atom stereocenters. The first-order valence-corrected chi connectivity index (χ1v) is 3.65. The Hall–Kier alpha value is -0.670. The van der Waals surface area contributed by atoms with Gasteiger partial charge in [0.15, 0.2) is 0 Å². The first-order chi connectivity index (χ1) is 5.19. The zero-order valence-electron chi connectivity index (χ0n) is 7.78. The van der Waals surface area contributed by atoms with E-state index in [4.69, 9.17) is 0 Å². The van der Waals surface area contributed by atoms with Crippen LogP contribution in [0.2, 0.25) is 0 Å². The predicted octanol–water partition coefficient (Wildman–Crippen LogP) is 2.23. The predicted molar refractivity (Wildman–Crippen MR) is 41.0 cm³/mol. The van der Waals surface area contributed by atoms with Crippen molar-refractivity contribution in [1.82, 2.24) is 0 Å². The van der Waals surface area contributed by atoms with Crippen molar-refractivity contribution >= 4 is 5.97 Å². The van der Waals surface area contributed by atoms with E-state index in [1.165, 1.54) is 0 Å². The van der Waals surface area contributed by atoms with Crippen LogP contribution in [0.25, 0.3) is 0 Å². The maximum atomic E-state index is 12.8. The number of hydrogen-bond acceptors (Lipinski definition) is 2. The van der Waals surface area contributed by atoms with Crippen LogP contribution >= 0.6 is 0 Å². The highest BCUT2D eigenvalue weighted by molar-refractivity contribution is 5.77. The highest BCUT2D eigenvalue weighted by Gasteiger charge is 2.43. The minimum atomic E-state index is -3.37. The largest absolute Gasteiger partial charge is 0.465 e. The summed E-state index contributed by atoms with van der Waals surface area (Å²) in [4.78, 5) is 10.5. The van der Waals surface area contributed by atoms with Crippen molar-refractivity contribution in [3.8, 4) is 0 Å². The summed E-state index contributed by atoms with van der Waals surface area (Å²) >= 11 is 0. The van der Waals surface area contributed by atoms with Crippen LogP contribution in [0.5, 0.6) is 0 Å². The van der Waals surface area contributed by atoms with Gasteiger partial charge in [0, 0.05) is 6.42 Å². The normalized spacial score (nSPS) is 12.8. The van der Waals surface area contributed by atoms with Gasteiger partial charge in [0.1, 0.15) is 0 Å². The van der Waals surface area contributed by atoms with E-state index < -0.39 is 23.7 Å². The van der Waals surface area contributed by atoms with Crippen molar-refractivity contribution in [1.29, 1.82) is 0 Å². The van der Waals surface area contributed by atoms with Gasteiger partial charge in [-0.25, -0.2) is 4.79 Å². The van der Waals surface area contributed by atoms with E-state index in [1.807, 2.05) is 0 Å². The third-order valence-corrected chi connectivity index (χ3v) is 1.24. The zero-order chi connectivity index (χ0) is 9.99. The Balaban J connectivity index is 4.32. The van der Waals surface area contributed by atoms with E-state index in [-0.39, 0.29) is 0 Å². The first kappa shape index (κ1) is 11.3. The fourth-order valence-corrected chi connectivity index (χ4v) is 0.888. The number of ether oxygens (including phenoxy) is 1. The first-order valence-electron chi connectivity index (χ1n) is 3.65. The summed E-state index contributed by atoms with van der Waals surface area (Å²) in [5.41, 5.74) is -0.586. The maximum absolute atomic E-state index is 12.8. The molecule has 0 saturated carbocycles. The van der Waals surface area contributed by atoms with Gasteiger partial charge in [-0.1, -0.05) is 20.8 Å². The number of halogens is 2. The molecule has 0 fully saturated rings. The lowest BCUT2D eigenvalue weighted by molar-refractivity contribution is -0.172. The molecule has 0 bridgehead atoms. The molecular weight excluding hydrogens is 166 g/mol. The molecule has 0 heterocycles. The van der Waals surface area contributed by atoms with Crippen molar-refractivity contribution in [3.05, 3.63) is 0 Å². The minimum Gasteiger partial charge on any atom is -0.465 e. The van der Waals surface area contributed by atoms with Crippen LogP contribution in [0.4, 0.5) is 8.78 Å². The van der Waals surface area contributed by atoms with Crippen molar-refractivity contribution in [2.45, 2.75) is 33.1 Å². The van der Waals surface area contributed by atoms with Crippen molar-refractivity contribution < 1.29 is 18.3 Å². The molecule has 0 aliphatic heterocycles. The molecule has 2 nitrogen and oxygen atoms in total. The number of esters is 1. The highest BCUT2D eigenvalue weighted by Crippen LogP contribution is 2.32. The molecule has 0 spiro atoms. The van der Waals surface area contributed by atoms with Crippen LogP contribution in [0, 0.1) is 5.41 Å². The van der Waals surface area contributed by atoms with Gasteiger partial charge in [-0.2, -0.15) is 8.78 Å². The molecule has 0 N–H and O–H groups in total. The van der Waals surface area contributed by atoms with Crippen molar-refractivity contribution in [3.63, 3.8) is 0 Å². The molecule has 0 radical (unpaired) electrons. The number of methoxy groups -OCH3 is 1. The Bertz CT molecular complexity index is 170.